The molecule has 2 fully saturated rings. The van der Waals surface area contributed by atoms with Gasteiger partial charge in [0.15, 0.2) is 5.65 Å². The molecule has 0 bridgehead atoms. The lowest BCUT2D eigenvalue weighted by atomic mass is 10.0. The first kappa shape index (κ1) is 20.3. The van der Waals surface area contributed by atoms with Gasteiger partial charge >= 0.3 is 0 Å². The molecule has 10 nitrogen and oxygen atoms in total. The molecule has 2 aromatic heterocycles. The minimum Gasteiger partial charge on any atom is -0.378 e. The molecule has 170 valence electrons. The van der Waals surface area contributed by atoms with Crippen molar-refractivity contribution in [3.8, 4) is 11.3 Å². The van der Waals surface area contributed by atoms with Crippen LogP contribution in [0.15, 0.2) is 29.4 Å². The largest absolute Gasteiger partial charge is 0.378 e. The summed E-state index contributed by atoms with van der Waals surface area (Å²) in [6.45, 7) is 5.20. The maximum atomic E-state index is 12.9. The van der Waals surface area contributed by atoms with Crippen LogP contribution in [0, 0.1) is 0 Å². The second-order valence-electron chi connectivity index (χ2n) is 8.36. The van der Waals surface area contributed by atoms with E-state index in [4.69, 9.17) is 19.4 Å². The molecule has 1 amide bonds. The highest BCUT2D eigenvalue weighted by Gasteiger charge is 2.23. The number of aliphatic imine (C=N–C) groups is 1. The van der Waals surface area contributed by atoms with Crippen LogP contribution in [0.3, 0.4) is 0 Å². The number of carbonyl (C=O) groups is 1. The number of anilines is 1. The van der Waals surface area contributed by atoms with Crippen LogP contribution in [0.4, 0.5) is 11.6 Å². The number of rotatable bonds is 4. The maximum absolute atomic E-state index is 12.9. The predicted molar refractivity (Wildman–Crippen MR) is 123 cm³/mol. The van der Waals surface area contributed by atoms with Crippen LogP contribution in [-0.4, -0.2) is 89.4 Å². The van der Waals surface area contributed by atoms with E-state index >= 15 is 0 Å². The molecule has 0 spiro atoms. The molecule has 10 heteroatoms. The second kappa shape index (κ2) is 8.53. The van der Waals surface area contributed by atoms with Crippen molar-refractivity contribution < 1.29 is 14.3 Å². The van der Waals surface area contributed by atoms with Gasteiger partial charge in [-0.05, 0) is 11.6 Å². The van der Waals surface area contributed by atoms with Crippen molar-refractivity contribution >= 4 is 34.8 Å². The Labute approximate surface area is 190 Å². The smallest absolute Gasteiger partial charge is 0.244 e. The number of fused-ring (bicyclic) bond motifs is 2. The van der Waals surface area contributed by atoms with Crippen LogP contribution in [0.5, 0.6) is 0 Å². The van der Waals surface area contributed by atoms with Gasteiger partial charge in [-0.15, -0.1) is 0 Å². The SMILES string of the molecule is O=C(Cn1ncc2c(-c3ccc4c(c3)N=CC4)nc(N3CCOCC3)nc21)N1CCOCC1. The third-order valence-electron chi connectivity index (χ3n) is 6.33. The zero-order valence-electron chi connectivity index (χ0n) is 18.3. The highest BCUT2D eigenvalue weighted by molar-refractivity contribution is 5.93. The lowest BCUT2D eigenvalue weighted by Gasteiger charge is -2.27. The Morgan fingerprint density at radius 1 is 1.00 bits per heavy atom. The molecule has 1 aromatic carbocycles. The van der Waals surface area contributed by atoms with Crippen LogP contribution in [0.25, 0.3) is 22.3 Å². The van der Waals surface area contributed by atoms with E-state index in [2.05, 4.69) is 33.2 Å². The third kappa shape index (κ3) is 3.85. The number of benzene rings is 1. The first-order valence-corrected chi connectivity index (χ1v) is 11.3. The summed E-state index contributed by atoms with van der Waals surface area (Å²) in [6.07, 6.45) is 4.55. The van der Waals surface area contributed by atoms with E-state index in [1.807, 2.05) is 11.1 Å². The number of amides is 1. The molecular weight excluding hydrogens is 422 g/mol. The van der Waals surface area contributed by atoms with Crippen molar-refractivity contribution in [1.82, 2.24) is 24.6 Å². The van der Waals surface area contributed by atoms with Crippen LogP contribution >= 0.6 is 0 Å². The third-order valence-corrected chi connectivity index (χ3v) is 6.33. The number of ether oxygens (including phenoxy) is 2. The minimum absolute atomic E-state index is 0.0169. The van der Waals surface area contributed by atoms with Crippen molar-refractivity contribution in [3.63, 3.8) is 0 Å². The highest BCUT2D eigenvalue weighted by atomic mass is 16.5. The lowest BCUT2D eigenvalue weighted by Crippen LogP contribution is -2.42. The van der Waals surface area contributed by atoms with E-state index in [1.54, 1.807) is 10.9 Å². The molecule has 0 aliphatic carbocycles. The van der Waals surface area contributed by atoms with Gasteiger partial charge in [-0.1, -0.05) is 12.1 Å². The number of hydrogen-bond donors (Lipinski definition) is 0. The van der Waals surface area contributed by atoms with Crippen molar-refractivity contribution in [1.29, 1.82) is 0 Å². The average Bonchev–Trinajstić information content (AvgIpc) is 3.51. The lowest BCUT2D eigenvalue weighted by molar-refractivity contribution is -0.136. The maximum Gasteiger partial charge on any atom is 0.244 e. The number of carbonyl (C=O) groups excluding carboxylic acids is 1. The van der Waals surface area contributed by atoms with Crippen molar-refractivity contribution in [3.05, 3.63) is 30.0 Å². The van der Waals surface area contributed by atoms with Gasteiger partial charge in [0.25, 0.3) is 0 Å². The molecule has 6 rings (SSSR count). The number of aromatic nitrogens is 4. The van der Waals surface area contributed by atoms with Crippen molar-refractivity contribution in [2.45, 2.75) is 13.0 Å². The zero-order chi connectivity index (χ0) is 22.2. The van der Waals surface area contributed by atoms with Crippen LogP contribution < -0.4 is 4.90 Å². The molecule has 5 heterocycles. The summed E-state index contributed by atoms with van der Waals surface area (Å²) in [6, 6.07) is 6.25. The molecule has 3 aliphatic rings. The van der Waals surface area contributed by atoms with Gasteiger partial charge in [0, 0.05) is 44.4 Å². The first-order chi connectivity index (χ1) is 16.3. The van der Waals surface area contributed by atoms with Gasteiger partial charge in [-0.3, -0.25) is 9.79 Å². The summed E-state index contributed by atoms with van der Waals surface area (Å²) in [4.78, 5) is 31.1. The Morgan fingerprint density at radius 2 is 1.79 bits per heavy atom. The Morgan fingerprint density at radius 3 is 2.61 bits per heavy atom. The molecule has 33 heavy (non-hydrogen) atoms. The summed E-state index contributed by atoms with van der Waals surface area (Å²) in [7, 11) is 0. The van der Waals surface area contributed by atoms with E-state index in [0.717, 1.165) is 41.8 Å². The standard InChI is InChI=1S/C23H25N7O3/c31-20(28-5-9-32-10-6-28)15-30-22-18(14-25-30)21(17-2-1-16-3-4-24-19(16)13-17)26-23(27-22)29-7-11-33-12-8-29/h1-2,4,13-14H,3,5-12,15H2. The monoisotopic (exact) mass is 447 g/mol. The van der Waals surface area contributed by atoms with E-state index < -0.39 is 0 Å². The van der Waals surface area contributed by atoms with Gasteiger partial charge in [0.2, 0.25) is 11.9 Å². The van der Waals surface area contributed by atoms with E-state index in [-0.39, 0.29) is 12.5 Å². The molecule has 2 saturated heterocycles. The number of morpholine rings is 2. The molecule has 0 radical (unpaired) electrons. The normalized spacial score (nSPS) is 18.2. The predicted octanol–water partition coefficient (Wildman–Crippen LogP) is 1.45. The Kier molecular flexibility index (Phi) is 5.23. The highest BCUT2D eigenvalue weighted by Crippen LogP contribution is 2.33. The molecule has 3 aromatic rings. The number of nitrogens with zero attached hydrogens (tertiary/aromatic N) is 7. The van der Waals surface area contributed by atoms with Gasteiger partial charge in [-0.25, -0.2) is 9.67 Å². The molecule has 0 atom stereocenters. The van der Waals surface area contributed by atoms with E-state index in [0.29, 0.717) is 51.1 Å². The Hall–Kier alpha value is -3.37. The van der Waals surface area contributed by atoms with Crippen LogP contribution in [0.2, 0.25) is 0 Å². The molecular formula is C23H25N7O3. The van der Waals surface area contributed by atoms with Crippen molar-refractivity contribution in [2.75, 3.05) is 57.5 Å². The quantitative estimate of drug-likeness (QED) is 0.597. The van der Waals surface area contributed by atoms with E-state index in [1.165, 1.54) is 5.56 Å². The zero-order valence-corrected chi connectivity index (χ0v) is 18.3. The molecule has 3 aliphatic heterocycles. The molecule has 0 saturated carbocycles. The van der Waals surface area contributed by atoms with Gasteiger partial charge < -0.3 is 19.3 Å². The molecule has 0 N–H and O–H groups in total. The summed E-state index contributed by atoms with van der Waals surface area (Å²) in [5.74, 6) is 0.647. The Balaban J connectivity index is 1.42. The van der Waals surface area contributed by atoms with Crippen LogP contribution in [-0.2, 0) is 27.2 Å². The molecule has 0 unspecified atom stereocenters. The van der Waals surface area contributed by atoms with Crippen LogP contribution in [0.1, 0.15) is 5.56 Å². The number of hydrogen-bond acceptors (Lipinski definition) is 8. The Bertz CT molecular complexity index is 1230. The van der Waals surface area contributed by atoms with Gasteiger partial charge in [0.1, 0.15) is 6.54 Å². The van der Waals surface area contributed by atoms with E-state index in [9.17, 15) is 4.79 Å². The fourth-order valence-electron chi connectivity index (χ4n) is 4.47. The summed E-state index contributed by atoms with van der Waals surface area (Å²) < 4.78 is 12.6. The average molecular weight is 447 g/mol. The van der Waals surface area contributed by atoms with Gasteiger partial charge in [-0.2, -0.15) is 10.1 Å². The second-order valence-corrected chi connectivity index (χ2v) is 8.36. The van der Waals surface area contributed by atoms with Gasteiger partial charge in [0.05, 0.1) is 49.4 Å². The summed E-state index contributed by atoms with van der Waals surface area (Å²) in [5.41, 5.74) is 4.61. The van der Waals surface area contributed by atoms with Crippen molar-refractivity contribution in [2.24, 2.45) is 4.99 Å². The summed E-state index contributed by atoms with van der Waals surface area (Å²) >= 11 is 0. The minimum atomic E-state index is 0.0169. The summed E-state index contributed by atoms with van der Waals surface area (Å²) in [5, 5.41) is 5.36. The first-order valence-electron chi connectivity index (χ1n) is 11.3. The topological polar surface area (TPSA) is 98.0 Å². The fraction of sp³-hybridized carbons (Fsp3) is 0.435. The fourth-order valence-corrected chi connectivity index (χ4v) is 4.47.